The molecule has 2 rings (SSSR count). The van der Waals surface area contributed by atoms with Crippen molar-refractivity contribution in [2.45, 2.75) is 38.8 Å². The van der Waals surface area contributed by atoms with Gasteiger partial charge in [0, 0.05) is 25.3 Å². The lowest BCUT2D eigenvalue weighted by Gasteiger charge is -2.24. The normalized spacial score (nSPS) is 18.9. The van der Waals surface area contributed by atoms with Gasteiger partial charge in [0.15, 0.2) is 0 Å². The number of carbonyl (C=O) groups excluding carboxylic acids is 1. The Morgan fingerprint density at radius 2 is 2.30 bits per heavy atom. The number of ether oxygens (including phenoxy) is 1. The van der Waals surface area contributed by atoms with Crippen LogP contribution < -0.4 is 11.1 Å². The molecule has 110 valence electrons. The first-order valence-electron chi connectivity index (χ1n) is 6.79. The van der Waals surface area contributed by atoms with E-state index in [1.807, 2.05) is 20.8 Å². The molecule has 0 unspecified atom stereocenters. The van der Waals surface area contributed by atoms with Crippen LogP contribution in [0.3, 0.4) is 0 Å². The van der Waals surface area contributed by atoms with Gasteiger partial charge < -0.3 is 20.7 Å². The third-order valence-corrected chi connectivity index (χ3v) is 3.05. The average Bonchev–Trinajstić information content (AvgIpc) is 2.79. The predicted octanol–water partition coefficient (Wildman–Crippen LogP) is 2.09. The van der Waals surface area contributed by atoms with E-state index in [1.54, 1.807) is 23.4 Å². The maximum atomic E-state index is 12.0. The second-order valence-electron chi connectivity index (χ2n) is 6.02. The Morgan fingerprint density at radius 1 is 1.55 bits per heavy atom. The summed E-state index contributed by atoms with van der Waals surface area (Å²) >= 11 is 0. The zero-order valence-electron chi connectivity index (χ0n) is 12.2. The number of nitrogen functional groups attached to an aromatic ring is 1. The van der Waals surface area contributed by atoms with Crippen molar-refractivity contribution in [3.63, 3.8) is 0 Å². The van der Waals surface area contributed by atoms with E-state index in [0.717, 1.165) is 12.1 Å². The van der Waals surface area contributed by atoms with E-state index >= 15 is 0 Å². The van der Waals surface area contributed by atoms with Gasteiger partial charge in [0.1, 0.15) is 5.60 Å². The molecule has 6 heteroatoms. The van der Waals surface area contributed by atoms with Crippen molar-refractivity contribution in [1.29, 1.82) is 0 Å². The van der Waals surface area contributed by atoms with Gasteiger partial charge in [0.2, 0.25) is 0 Å². The minimum absolute atomic E-state index is 0.175. The minimum atomic E-state index is -0.462. The van der Waals surface area contributed by atoms with E-state index in [4.69, 9.17) is 10.5 Å². The molecule has 1 amide bonds. The van der Waals surface area contributed by atoms with Crippen LogP contribution in [0.4, 0.5) is 16.2 Å². The number of nitrogens with one attached hydrogen (secondary N) is 1. The van der Waals surface area contributed by atoms with Crippen LogP contribution in [0, 0.1) is 0 Å². The number of hydrogen-bond donors (Lipinski definition) is 2. The molecule has 2 heterocycles. The summed E-state index contributed by atoms with van der Waals surface area (Å²) in [5, 5.41) is 3.32. The monoisotopic (exact) mass is 278 g/mol. The number of anilines is 2. The van der Waals surface area contributed by atoms with Crippen LogP contribution in [0.15, 0.2) is 18.5 Å². The number of likely N-dealkylation sites (tertiary alicyclic amines) is 1. The summed E-state index contributed by atoms with van der Waals surface area (Å²) in [6.07, 6.45) is 3.96. The molecule has 0 radical (unpaired) electrons. The van der Waals surface area contributed by atoms with Gasteiger partial charge in [-0.25, -0.2) is 4.79 Å². The van der Waals surface area contributed by atoms with Crippen molar-refractivity contribution < 1.29 is 9.53 Å². The molecule has 3 N–H and O–H groups in total. The second kappa shape index (κ2) is 5.56. The van der Waals surface area contributed by atoms with Gasteiger partial charge in [-0.3, -0.25) is 4.98 Å². The van der Waals surface area contributed by atoms with Gasteiger partial charge in [0.25, 0.3) is 0 Å². The van der Waals surface area contributed by atoms with Gasteiger partial charge in [0.05, 0.1) is 17.6 Å². The molecule has 1 atom stereocenters. The Morgan fingerprint density at radius 3 is 2.95 bits per heavy atom. The van der Waals surface area contributed by atoms with E-state index in [1.165, 1.54) is 0 Å². The first-order chi connectivity index (χ1) is 9.35. The Bertz CT molecular complexity index is 484. The summed E-state index contributed by atoms with van der Waals surface area (Å²) in [5.41, 5.74) is 6.88. The number of amides is 1. The summed E-state index contributed by atoms with van der Waals surface area (Å²) in [6, 6.07) is 1.93. The molecule has 0 saturated carbocycles. The lowest BCUT2D eigenvalue weighted by Crippen LogP contribution is -2.36. The zero-order valence-corrected chi connectivity index (χ0v) is 12.2. The van der Waals surface area contributed by atoms with Crippen LogP contribution >= 0.6 is 0 Å². The van der Waals surface area contributed by atoms with Gasteiger partial charge in [-0.2, -0.15) is 0 Å². The summed E-state index contributed by atoms with van der Waals surface area (Å²) < 4.78 is 5.37. The topological polar surface area (TPSA) is 80.5 Å². The predicted molar refractivity (Wildman–Crippen MR) is 78.5 cm³/mol. The highest BCUT2D eigenvalue weighted by molar-refractivity contribution is 5.69. The quantitative estimate of drug-likeness (QED) is 0.865. The largest absolute Gasteiger partial charge is 0.444 e. The molecule has 1 aliphatic rings. The number of rotatable bonds is 2. The molecule has 20 heavy (non-hydrogen) atoms. The Labute approximate surface area is 119 Å². The molecular formula is C14H22N4O2. The molecule has 1 aromatic heterocycles. The lowest BCUT2D eigenvalue weighted by molar-refractivity contribution is 0.0293. The van der Waals surface area contributed by atoms with Crippen molar-refractivity contribution in [3.05, 3.63) is 18.5 Å². The summed E-state index contributed by atoms with van der Waals surface area (Å²) in [5.74, 6) is 0. The lowest BCUT2D eigenvalue weighted by atomic mass is 10.2. The number of carbonyl (C=O) groups is 1. The first kappa shape index (κ1) is 14.4. The number of aromatic nitrogens is 1. The van der Waals surface area contributed by atoms with E-state index in [0.29, 0.717) is 18.8 Å². The molecular weight excluding hydrogens is 256 g/mol. The molecule has 1 fully saturated rings. The fourth-order valence-electron chi connectivity index (χ4n) is 2.12. The van der Waals surface area contributed by atoms with E-state index < -0.39 is 5.60 Å². The molecule has 6 nitrogen and oxygen atoms in total. The standard InChI is InChI=1S/C14H22N4O2/c1-14(2,3)20-13(19)18-7-5-10(9-18)17-12-8-16-6-4-11(12)15/h4,6,8,10,17H,5,7,9H2,1-3H3,(H2,15,16)/t10-/m0/s1. The van der Waals surface area contributed by atoms with Crippen molar-refractivity contribution in [2.75, 3.05) is 24.1 Å². The summed E-state index contributed by atoms with van der Waals surface area (Å²) in [7, 11) is 0. The summed E-state index contributed by atoms with van der Waals surface area (Å²) in [4.78, 5) is 17.7. The van der Waals surface area contributed by atoms with E-state index in [-0.39, 0.29) is 12.1 Å². The van der Waals surface area contributed by atoms with Gasteiger partial charge >= 0.3 is 6.09 Å². The van der Waals surface area contributed by atoms with Gasteiger partial charge in [-0.05, 0) is 33.3 Å². The third kappa shape index (κ3) is 3.76. The highest BCUT2D eigenvalue weighted by Gasteiger charge is 2.29. The number of pyridine rings is 1. The van der Waals surface area contributed by atoms with Crippen molar-refractivity contribution in [2.24, 2.45) is 0 Å². The van der Waals surface area contributed by atoms with Crippen molar-refractivity contribution in [1.82, 2.24) is 9.88 Å². The fourth-order valence-corrected chi connectivity index (χ4v) is 2.12. The molecule has 0 spiro atoms. The third-order valence-electron chi connectivity index (χ3n) is 3.05. The van der Waals surface area contributed by atoms with Crippen LogP contribution in [0.25, 0.3) is 0 Å². The van der Waals surface area contributed by atoms with Crippen LogP contribution in [0.5, 0.6) is 0 Å². The van der Waals surface area contributed by atoms with Gasteiger partial charge in [-0.1, -0.05) is 0 Å². The van der Waals surface area contributed by atoms with Crippen LogP contribution in [0.1, 0.15) is 27.2 Å². The van der Waals surface area contributed by atoms with E-state index in [9.17, 15) is 4.79 Å². The summed E-state index contributed by atoms with van der Waals surface area (Å²) in [6.45, 7) is 6.91. The van der Waals surface area contributed by atoms with E-state index in [2.05, 4.69) is 10.3 Å². The zero-order chi connectivity index (χ0) is 14.8. The number of nitrogens with zero attached hydrogens (tertiary/aromatic N) is 2. The first-order valence-corrected chi connectivity index (χ1v) is 6.79. The second-order valence-corrected chi connectivity index (χ2v) is 6.02. The van der Waals surface area contributed by atoms with Crippen LogP contribution in [0.2, 0.25) is 0 Å². The van der Waals surface area contributed by atoms with Crippen molar-refractivity contribution in [3.8, 4) is 0 Å². The number of hydrogen-bond acceptors (Lipinski definition) is 5. The smallest absolute Gasteiger partial charge is 0.410 e. The van der Waals surface area contributed by atoms with Crippen molar-refractivity contribution >= 4 is 17.5 Å². The molecule has 1 aromatic rings. The Balaban J connectivity index is 1.90. The highest BCUT2D eigenvalue weighted by atomic mass is 16.6. The molecule has 1 saturated heterocycles. The minimum Gasteiger partial charge on any atom is -0.444 e. The van der Waals surface area contributed by atoms with Crippen LogP contribution in [-0.2, 0) is 4.74 Å². The number of nitrogens with two attached hydrogens (primary N) is 1. The molecule has 0 aliphatic carbocycles. The average molecular weight is 278 g/mol. The van der Waals surface area contributed by atoms with Crippen LogP contribution in [-0.4, -0.2) is 40.7 Å². The highest BCUT2D eigenvalue weighted by Crippen LogP contribution is 2.21. The Kier molecular flexibility index (Phi) is 4.01. The maximum absolute atomic E-state index is 12.0. The molecule has 0 bridgehead atoms. The molecule has 1 aliphatic heterocycles. The fraction of sp³-hybridized carbons (Fsp3) is 0.571. The SMILES string of the molecule is CC(C)(C)OC(=O)N1CC[C@H](Nc2cnccc2N)C1. The maximum Gasteiger partial charge on any atom is 0.410 e. The van der Waals surface area contributed by atoms with Gasteiger partial charge in [-0.15, -0.1) is 0 Å². The molecule has 0 aromatic carbocycles. The Hall–Kier alpha value is -1.98.